The summed E-state index contributed by atoms with van der Waals surface area (Å²) >= 11 is 0. The lowest BCUT2D eigenvalue weighted by atomic mass is 10.0. The fourth-order valence-electron chi connectivity index (χ4n) is 2.94. The molecule has 0 saturated heterocycles. The quantitative estimate of drug-likeness (QED) is 0.746. The second-order valence-corrected chi connectivity index (χ2v) is 7.25. The highest BCUT2D eigenvalue weighted by Crippen LogP contribution is 2.22. The summed E-state index contributed by atoms with van der Waals surface area (Å²) in [6.07, 6.45) is 9.00. The van der Waals surface area contributed by atoms with Crippen LogP contribution in [0.5, 0.6) is 0 Å². The molecule has 1 aliphatic carbocycles. The van der Waals surface area contributed by atoms with Gasteiger partial charge >= 0.3 is 0 Å². The number of amides is 1. The van der Waals surface area contributed by atoms with Gasteiger partial charge < -0.3 is 16.8 Å². The molecule has 1 saturated carbocycles. The van der Waals surface area contributed by atoms with E-state index < -0.39 is 5.91 Å². The summed E-state index contributed by atoms with van der Waals surface area (Å²) in [4.78, 5) is 15.9. The Balaban J connectivity index is 0.000000369. The van der Waals surface area contributed by atoms with Gasteiger partial charge in [-0.15, -0.1) is 10.2 Å². The molecule has 0 bridgehead atoms. The Morgan fingerprint density at radius 3 is 2.15 bits per heavy atom. The van der Waals surface area contributed by atoms with Crippen LogP contribution in [0.25, 0.3) is 0 Å². The number of carbonyl (C=O) groups excluding carboxylic acids is 1. The maximum atomic E-state index is 11.4. The Morgan fingerprint density at radius 1 is 1.04 bits per heavy atom. The Labute approximate surface area is 161 Å². The fraction of sp³-hybridized carbons (Fsp3) is 0.500. The molecule has 0 unspecified atom stereocenters. The number of carbonyl (C=O) groups is 1. The summed E-state index contributed by atoms with van der Waals surface area (Å²) in [5, 5.41) is 10.4. The summed E-state index contributed by atoms with van der Waals surface area (Å²) in [5.74, 6) is 0.413. The highest BCUT2D eigenvalue weighted by molar-refractivity contribution is 5.97. The molecule has 2 aromatic rings. The maximum Gasteiger partial charge on any atom is 0.271 e. The molecular formula is C20H30N6O. The van der Waals surface area contributed by atoms with Crippen LogP contribution < -0.4 is 16.8 Å². The van der Waals surface area contributed by atoms with E-state index in [-0.39, 0.29) is 11.5 Å². The predicted molar refractivity (Wildman–Crippen MR) is 109 cm³/mol. The lowest BCUT2D eigenvalue weighted by Gasteiger charge is -2.12. The van der Waals surface area contributed by atoms with Gasteiger partial charge in [0.1, 0.15) is 11.6 Å². The number of nitrogens with one attached hydrogen (secondary N) is 1. The molecule has 27 heavy (non-hydrogen) atoms. The average Bonchev–Trinajstić information content (AvgIpc) is 2.63. The van der Waals surface area contributed by atoms with Crippen LogP contribution in [0.3, 0.4) is 0 Å². The van der Waals surface area contributed by atoms with Crippen LogP contribution in [0.2, 0.25) is 0 Å². The van der Waals surface area contributed by atoms with Crippen molar-refractivity contribution in [2.24, 2.45) is 5.73 Å². The Morgan fingerprint density at radius 2 is 1.63 bits per heavy atom. The number of nitrogens with zero attached hydrogens (tertiary/aromatic N) is 3. The van der Waals surface area contributed by atoms with Gasteiger partial charge in [0, 0.05) is 11.8 Å². The van der Waals surface area contributed by atoms with Gasteiger partial charge in [-0.3, -0.25) is 4.79 Å². The van der Waals surface area contributed by atoms with E-state index in [1.54, 1.807) is 0 Å². The number of hydrogen-bond acceptors (Lipinski definition) is 6. The van der Waals surface area contributed by atoms with Gasteiger partial charge in [0.2, 0.25) is 0 Å². The van der Waals surface area contributed by atoms with Crippen molar-refractivity contribution in [3.05, 3.63) is 35.2 Å². The van der Waals surface area contributed by atoms with Crippen molar-refractivity contribution in [3.8, 4) is 0 Å². The van der Waals surface area contributed by atoms with Crippen LogP contribution in [-0.2, 0) is 0 Å². The van der Waals surface area contributed by atoms with E-state index >= 15 is 0 Å². The van der Waals surface area contributed by atoms with Crippen molar-refractivity contribution in [1.29, 1.82) is 0 Å². The third-order valence-electron chi connectivity index (χ3n) is 4.39. The molecule has 7 nitrogen and oxygen atoms in total. The molecule has 1 aliphatic rings. The van der Waals surface area contributed by atoms with Crippen molar-refractivity contribution in [2.45, 2.75) is 65.2 Å². The van der Waals surface area contributed by atoms with Crippen molar-refractivity contribution in [2.75, 3.05) is 11.1 Å². The zero-order chi connectivity index (χ0) is 19.8. The topological polar surface area (TPSA) is 120 Å². The first-order chi connectivity index (χ1) is 12.9. The molecule has 2 aromatic heterocycles. The second-order valence-electron chi connectivity index (χ2n) is 7.25. The molecule has 7 heteroatoms. The van der Waals surface area contributed by atoms with E-state index in [0.717, 1.165) is 11.3 Å². The van der Waals surface area contributed by atoms with Gasteiger partial charge in [-0.2, -0.15) is 0 Å². The first-order valence-corrected chi connectivity index (χ1v) is 9.55. The number of nitrogens with two attached hydrogens (primary N) is 2. The minimum absolute atomic E-state index is 0.0265. The molecule has 0 radical (unpaired) electrons. The van der Waals surface area contributed by atoms with Crippen LogP contribution >= 0.6 is 0 Å². The molecule has 1 fully saturated rings. The standard InChI is InChI=1S/C14H18N6O.C6H12/c1-7(2)9-4-8(3)5-12(17-9)18-10-6-11(15)19-20-13(10)14(16)21;1-2-4-6-5-3-1/h4-7H,1-3H3,(H2,16,21)(H3,15,17,18,19);1-6H2. The Hall–Kier alpha value is -2.70. The molecule has 5 N–H and O–H groups in total. The average molecular weight is 371 g/mol. The highest BCUT2D eigenvalue weighted by atomic mass is 16.1. The largest absolute Gasteiger partial charge is 0.382 e. The number of nitrogen functional groups attached to an aromatic ring is 1. The maximum absolute atomic E-state index is 11.4. The zero-order valence-electron chi connectivity index (χ0n) is 16.5. The van der Waals surface area contributed by atoms with Crippen LogP contribution in [0, 0.1) is 6.92 Å². The normalized spacial score (nSPS) is 13.6. The number of anilines is 3. The van der Waals surface area contributed by atoms with Gasteiger partial charge in [-0.25, -0.2) is 4.98 Å². The predicted octanol–water partition coefficient (Wildman–Crippen LogP) is 4.07. The molecule has 3 rings (SSSR count). The molecule has 0 spiro atoms. The van der Waals surface area contributed by atoms with Crippen LogP contribution in [0.1, 0.15) is 80.0 Å². The number of pyridine rings is 1. The molecule has 0 aromatic carbocycles. The van der Waals surface area contributed by atoms with E-state index in [4.69, 9.17) is 11.5 Å². The van der Waals surface area contributed by atoms with E-state index in [0.29, 0.717) is 17.4 Å². The number of rotatable bonds is 4. The summed E-state index contributed by atoms with van der Waals surface area (Å²) < 4.78 is 0. The van der Waals surface area contributed by atoms with E-state index in [1.807, 2.05) is 19.1 Å². The summed E-state index contributed by atoms with van der Waals surface area (Å²) in [7, 11) is 0. The lowest BCUT2D eigenvalue weighted by Crippen LogP contribution is -2.17. The number of aryl methyl sites for hydroxylation is 1. The van der Waals surface area contributed by atoms with E-state index in [9.17, 15) is 4.79 Å². The Kier molecular flexibility index (Phi) is 7.52. The van der Waals surface area contributed by atoms with Crippen molar-refractivity contribution < 1.29 is 4.79 Å². The first kappa shape index (κ1) is 20.6. The summed E-state index contributed by atoms with van der Waals surface area (Å²) in [6, 6.07) is 5.39. The minimum atomic E-state index is -0.679. The third-order valence-corrected chi connectivity index (χ3v) is 4.39. The van der Waals surface area contributed by atoms with Crippen molar-refractivity contribution in [3.63, 3.8) is 0 Å². The van der Waals surface area contributed by atoms with E-state index in [1.165, 1.54) is 44.6 Å². The summed E-state index contributed by atoms with van der Waals surface area (Å²) in [6.45, 7) is 6.10. The summed E-state index contributed by atoms with van der Waals surface area (Å²) in [5.41, 5.74) is 13.3. The third kappa shape index (κ3) is 6.51. The van der Waals surface area contributed by atoms with E-state index in [2.05, 4.69) is 34.3 Å². The lowest BCUT2D eigenvalue weighted by molar-refractivity contribution is 0.0995. The van der Waals surface area contributed by atoms with Gasteiger partial charge in [0.25, 0.3) is 5.91 Å². The van der Waals surface area contributed by atoms with Gasteiger partial charge in [-0.1, -0.05) is 52.4 Å². The van der Waals surface area contributed by atoms with Gasteiger partial charge in [-0.05, 0) is 30.5 Å². The smallest absolute Gasteiger partial charge is 0.271 e. The second kappa shape index (κ2) is 9.85. The first-order valence-electron chi connectivity index (χ1n) is 9.55. The minimum Gasteiger partial charge on any atom is -0.382 e. The molecule has 1 amide bonds. The van der Waals surface area contributed by atoms with Crippen molar-refractivity contribution >= 4 is 23.2 Å². The van der Waals surface area contributed by atoms with Crippen LogP contribution in [0.4, 0.5) is 17.3 Å². The molecule has 0 aliphatic heterocycles. The van der Waals surface area contributed by atoms with Crippen LogP contribution in [0.15, 0.2) is 18.2 Å². The number of aromatic nitrogens is 3. The molecular weight excluding hydrogens is 340 g/mol. The fourth-order valence-corrected chi connectivity index (χ4v) is 2.94. The monoisotopic (exact) mass is 370 g/mol. The zero-order valence-corrected chi connectivity index (χ0v) is 16.5. The SMILES string of the molecule is C1CCCCC1.Cc1cc(Nc2cc(N)nnc2C(N)=O)nc(C(C)C)c1. The highest BCUT2D eigenvalue weighted by Gasteiger charge is 2.13. The molecule has 146 valence electrons. The van der Waals surface area contributed by atoms with Crippen molar-refractivity contribution in [1.82, 2.24) is 15.2 Å². The Bertz CT molecular complexity index is 760. The van der Waals surface area contributed by atoms with Crippen LogP contribution in [-0.4, -0.2) is 21.1 Å². The number of primary amides is 1. The molecule has 2 heterocycles. The van der Waals surface area contributed by atoms with Gasteiger partial charge in [0.05, 0.1) is 5.69 Å². The molecule has 0 atom stereocenters. The van der Waals surface area contributed by atoms with Gasteiger partial charge in [0.15, 0.2) is 5.69 Å². The number of hydrogen-bond donors (Lipinski definition) is 3.